The molecular weight excluding hydrogens is 402 g/mol. The molecule has 10 nitrogen and oxygen atoms in total. The van der Waals surface area contributed by atoms with Gasteiger partial charge in [-0.2, -0.15) is 5.10 Å². The van der Waals surface area contributed by atoms with Crippen molar-refractivity contribution in [3.05, 3.63) is 47.4 Å². The van der Waals surface area contributed by atoms with Crippen LogP contribution in [0.25, 0.3) is 0 Å². The number of methoxy groups -OCH3 is 2. The van der Waals surface area contributed by atoms with E-state index in [1.807, 2.05) is 0 Å². The second-order valence-electron chi connectivity index (χ2n) is 5.95. The molecule has 0 bridgehead atoms. The third-order valence-corrected chi connectivity index (χ3v) is 4.05. The maximum Gasteiger partial charge on any atom is 0.267 e. The van der Waals surface area contributed by atoms with E-state index in [-0.39, 0.29) is 34.5 Å². The lowest BCUT2D eigenvalue weighted by Crippen LogP contribution is -2.15. The fourth-order valence-corrected chi connectivity index (χ4v) is 2.55. The highest BCUT2D eigenvalue weighted by Gasteiger charge is 2.20. The van der Waals surface area contributed by atoms with E-state index in [0.29, 0.717) is 5.82 Å². The van der Waals surface area contributed by atoms with Crippen molar-refractivity contribution in [2.45, 2.75) is 6.61 Å². The topological polar surface area (TPSA) is 126 Å². The van der Waals surface area contributed by atoms with Crippen LogP contribution in [0.4, 0.5) is 20.5 Å². The minimum atomic E-state index is -0.893. The van der Waals surface area contributed by atoms with Crippen LogP contribution in [0.1, 0.15) is 16.1 Å². The predicted molar refractivity (Wildman–Crippen MR) is 101 cm³/mol. The van der Waals surface area contributed by atoms with Crippen LogP contribution in [0.2, 0.25) is 0 Å². The van der Waals surface area contributed by atoms with E-state index in [2.05, 4.69) is 20.4 Å². The van der Waals surface area contributed by atoms with Crippen LogP contribution in [0.3, 0.4) is 0 Å². The number of carbonyl (C=O) groups excluding carboxylic acids is 1. The van der Waals surface area contributed by atoms with E-state index in [0.717, 1.165) is 6.07 Å². The van der Waals surface area contributed by atoms with E-state index in [1.165, 1.54) is 37.4 Å². The van der Waals surface area contributed by atoms with Crippen molar-refractivity contribution < 1.29 is 27.8 Å². The molecule has 30 heavy (non-hydrogen) atoms. The molecule has 0 atom stereocenters. The lowest BCUT2D eigenvalue weighted by atomic mass is 10.1. The van der Waals surface area contributed by atoms with Crippen molar-refractivity contribution in [2.75, 3.05) is 19.5 Å². The van der Waals surface area contributed by atoms with E-state index in [4.69, 9.17) is 19.9 Å². The van der Waals surface area contributed by atoms with Crippen molar-refractivity contribution in [2.24, 2.45) is 12.8 Å². The summed E-state index contributed by atoms with van der Waals surface area (Å²) in [4.78, 5) is 19.3. The molecule has 0 fully saturated rings. The van der Waals surface area contributed by atoms with E-state index in [9.17, 15) is 13.6 Å². The molecule has 3 N–H and O–H groups in total. The highest BCUT2D eigenvalue weighted by atomic mass is 19.1. The van der Waals surface area contributed by atoms with Gasteiger partial charge in [-0.15, -0.1) is 0 Å². The number of ether oxygens (including phenoxy) is 3. The fourth-order valence-electron chi connectivity index (χ4n) is 2.55. The third-order valence-electron chi connectivity index (χ3n) is 4.05. The van der Waals surface area contributed by atoms with Crippen LogP contribution in [0, 0.1) is 11.6 Å². The summed E-state index contributed by atoms with van der Waals surface area (Å²) in [5, 5.41) is 6.86. The predicted octanol–water partition coefficient (Wildman–Crippen LogP) is 1.93. The van der Waals surface area contributed by atoms with Crippen molar-refractivity contribution in [1.82, 2.24) is 19.7 Å². The molecule has 3 aromatic rings. The molecule has 0 aliphatic rings. The van der Waals surface area contributed by atoms with Crippen LogP contribution in [-0.2, 0) is 13.7 Å². The molecule has 2 heterocycles. The Bertz CT molecular complexity index is 1040. The van der Waals surface area contributed by atoms with Gasteiger partial charge in [-0.25, -0.2) is 18.7 Å². The van der Waals surface area contributed by atoms with Crippen molar-refractivity contribution >= 4 is 17.7 Å². The number of rotatable bonds is 8. The lowest BCUT2D eigenvalue weighted by molar-refractivity contribution is 0.0991. The van der Waals surface area contributed by atoms with Gasteiger partial charge in [0.15, 0.2) is 34.7 Å². The van der Waals surface area contributed by atoms with Crippen LogP contribution in [0.5, 0.6) is 17.2 Å². The summed E-state index contributed by atoms with van der Waals surface area (Å²) >= 11 is 0. The Kier molecular flexibility index (Phi) is 5.95. The molecule has 0 aliphatic carbocycles. The Morgan fingerprint density at radius 1 is 1.13 bits per heavy atom. The Morgan fingerprint density at radius 2 is 1.73 bits per heavy atom. The molecule has 0 saturated heterocycles. The van der Waals surface area contributed by atoms with Crippen molar-refractivity contribution in [1.29, 1.82) is 0 Å². The highest BCUT2D eigenvalue weighted by Crippen LogP contribution is 2.32. The maximum atomic E-state index is 14.4. The van der Waals surface area contributed by atoms with E-state index in [1.54, 1.807) is 7.05 Å². The van der Waals surface area contributed by atoms with Gasteiger partial charge in [-0.05, 0) is 0 Å². The molecule has 158 valence electrons. The highest BCUT2D eigenvalue weighted by molar-refractivity contribution is 5.92. The molecule has 2 aromatic heterocycles. The average Bonchev–Trinajstić information content (AvgIpc) is 3.09. The number of aromatic nitrogens is 4. The molecule has 1 aromatic carbocycles. The van der Waals surface area contributed by atoms with Crippen LogP contribution in [0.15, 0.2) is 24.5 Å². The number of carbonyl (C=O) groups is 1. The summed E-state index contributed by atoms with van der Waals surface area (Å²) in [5.41, 5.74) is 5.08. The number of hydrogen-bond acceptors (Lipinski definition) is 8. The summed E-state index contributed by atoms with van der Waals surface area (Å²) < 4.78 is 45.2. The first-order valence-corrected chi connectivity index (χ1v) is 8.48. The molecular formula is C18H18F2N6O4. The SMILES string of the molecule is COc1cc(OC)c(F)c(COc2cnc(Nc3cc(C(N)=O)n(C)n3)nc2)c1F. The molecule has 1 amide bonds. The molecule has 0 aliphatic heterocycles. The largest absolute Gasteiger partial charge is 0.494 e. The van der Waals surface area contributed by atoms with Gasteiger partial charge in [0.2, 0.25) is 5.95 Å². The van der Waals surface area contributed by atoms with Gasteiger partial charge in [0, 0.05) is 19.2 Å². The van der Waals surface area contributed by atoms with Gasteiger partial charge in [0.1, 0.15) is 12.3 Å². The Hall–Kier alpha value is -3.96. The zero-order chi connectivity index (χ0) is 21.8. The minimum Gasteiger partial charge on any atom is -0.494 e. The first kappa shape index (κ1) is 20.8. The number of nitrogens with zero attached hydrogens (tertiary/aromatic N) is 4. The second kappa shape index (κ2) is 8.59. The monoisotopic (exact) mass is 420 g/mol. The standard InChI is InChI=1S/C18H18F2N6O4/c1-26-11(17(21)27)4-14(25-26)24-18-22-6-9(7-23-18)30-8-10-15(19)12(28-2)5-13(29-3)16(10)20/h4-7H,8H2,1-3H3,(H2,21,27)(H,22,23,24,25). The number of amides is 1. The van der Waals surface area contributed by atoms with Gasteiger partial charge in [0.25, 0.3) is 5.91 Å². The first-order chi connectivity index (χ1) is 14.3. The van der Waals surface area contributed by atoms with Gasteiger partial charge in [0.05, 0.1) is 32.2 Å². The average molecular weight is 420 g/mol. The Balaban J connectivity index is 1.71. The van der Waals surface area contributed by atoms with E-state index >= 15 is 0 Å². The Labute approximate surface area is 169 Å². The lowest BCUT2D eigenvalue weighted by Gasteiger charge is -2.13. The number of nitrogens with one attached hydrogen (secondary N) is 1. The second-order valence-corrected chi connectivity index (χ2v) is 5.95. The molecule has 0 spiro atoms. The zero-order valence-electron chi connectivity index (χ0n) is 16.3. The quantitative estimate of drug-likeness (QED) is 0.566. The number of halogens is 2. The van der Waals surface area contributed by atoms with Crippen molar-refractivity contribution in [3.63, 3.8) is 0 Å². The number of nitrogens with two attached hydrogens (primary N) is 1. The Morgan fingerprint density at radius 3 is 2.23 bits per heavy atom. The molecule has 0 saturated carbocycles. The number of hydrogen-bond donors (Lipinski definition) is 2. The van der Waals surface area contributed by atoms with Crippen LogP contribution in [-0.4, -0.2) is 39.9 Å². The molecule has 3 rings (SSSR count). The summed E-state index contributed by atoms with van der Waals surface area (Å²) in [6, 6.07) is 2.55. The summed E-state index contributed by atoms with van der Waals surface area (Å²) in [7, 11) is 4.08. The van der Waals surface area contributed by atoms with Gasteiger partial charge < -0.3 is 25.3 Å². The normalized spacial score (nSPS) is 10.6. The smallest absolute Gasteiger partial charge is 0.267 e. The summed E-state index contributed by atoms with van der Waals surface area (Å²) in [6.07, 6.45) is 2.61. The number of anilines is 2. The van der Waals surface area contributed by atoms with Crippen LogP contribution < -0.4 is 25.3 Å². The van der Waals surface area contributed by atoms with Gasteiger partial charge in [-0.3, -0.25) is 9.48 Å². The van der Waals surface area contributed by atoms with Gasteiger partial charge in [-0.1, -0.05) is 0 Å². The molecule has 0 unspecified atom stereocenters. The minimum absolute atomic E-state index is 0.164. The third kappa shape index (κ3) is 4.21. The van der Waals surface area contributed by atoms with Crippen molar-refractivity contribution in [3.8, 4) is 17.2 Å². The number of aryl methyl sites for hydroxylation is 1. The van der Waals surface area contributed by atoms with E-state index < -0.39 is 24.1 Å². The van der Waals surface area contributed by atoms with Gasteiger partial charge >= 0.3 is 0 Å². The number of primary amides is 1. The maximum absolute atomic E-state index is 14.4. The zero-order valence-corrected chi connectivity index (χ0v) is 16.3. The molecule has 12 heteroatoms. The first-order valence-electron chi connectivity index (χ1n) is 8.48. The summed E-state index contributed by atoms with van der Waals surface area (Å²) in [5.74, 6) is -2.12. The molecule has 0 radical (unpaired) electrons. The number of benzene rings is 1. The summed E-state index contributed by atoms with van der Waals surface area (Å²) in [6.45, 7) is -0.441. The van der Waals surface area contributed by atoms with Crippen LogP contribution >= 0.6 is 0 Å². The fraction of sp³-hybridized carbons (Fsp3) is 0.222.